The van der Waals surface area contributed by atoms with Crippen molar-refractivity contribution in [3.63, 3.8) is 0 Å². The Bertz CT molecular complexity index is 390. The van der Waals surface area contributed by atoms with E-state index in [1.165, 1.54) is 0 Å². The summed E-state index contributed by atoms with van der Waals surface area (Å²) in [6.07, 6.45) is 3.93. The third-order valence-electron chi connectivity index (χ3n) is 2.21. The van der Waals surface area contributed by atoms with Crippen LogP contribution in [0.4, 0.5) is 0 Å². The minimum absolute atomic E-state index is 0.142. The molecule has 15 heavy (non-hydrogen) atoms. The molecule has 0 saturated heterocycles. The molecule has 0 aromatic heterocycles. The molecule has 0 aliphatic carbocycles. The topological polar surface area (TPSA) is 21.6 Å². The van der Waals surface area contributed by atoms with Crippen LogP contribution in [-0.2, 0) is 4.74 Å². The van der Waals surface area contributed by atoms with Crippen LogP contribution >= 0.6 is 0 Å². The van der Waals surface area contributed by atoms with Gasteiger partial charge in [0.05, 0.1) is 6.54 Å². The molecule has 0 fully saturated rings. The molecule has 0 unspecified atom stereocenters. The Morgan fingerprint density at radius 3 is 2.53 bits per heavy atom. The molecular formula is C13H15NO. The van der Waals surface area contributed by atoms with Gasteiger partial charge in [0.2, 0.25) is 5.90 Å². The van der Waals surface area contributed by atoms with E-state index in [4.69, 9.17) is 4.74 Å². The summed E-state index contributed by atoms with van der Waals surface area (Å²) < 4.78 is 5.63. The lowest BCUT2D eigenvalue weighted by molar-refractivity contribution is 0.132. The fraction of sp³-hybridized carbons (Fsp3) is 0.308. The maximum Gasteiger partial charge on any atom is 0.209 e. The molecule has 1 aliphatic heterocycles. The van der Waals surface area contributed by atoms with Gasteiger partial charge in [0.25, 0.3) is 0 Å². The van der Waals surface area contributed by atoms with Gasteiger partial charge in [-0.2, -0.15) is 0 Å². The molecule has 2 heteroatoms. The summed E-state index contributed by atoms with van der Waals surface area (Å²) in [5.41, 5.74) is 1.02. The minimum Gasteiger partial charge on any atom is -0.470 e. The number of hydrogen-bond donors (Lipinski definition) is 0. The molecule has 0 bridgehead atoms. The first-order valence-corrected chi connectivity index (χ1v) is 5.12. The first kappa shape index (κ1) is 9.97. The van der Waals surface area contributed by atoms with E-state index < -0.39 is 0 Å². The molecule has 0 N–H and O–H groups in total. The molecule has 1 aromatic rings. The Kier molecular flexibility index (Phi) is 2.58. The van der Waals surface area contributed by atoms with Crippen LogP contribution in [0.5, 0.6) is 0 Å². The number of benzene rings is 1. The van der Waals surface area contributed by atoms with Gasteiger partial charge in [0, 0.05) is 6.08 Å². The third-order valence-corrected chi connectivity index (χ3v) is 2.21. The van der Waals surface area contributed by atoms with Gasteiger partial charge in [-0.3, -0.25) is 0 Å². The van der Waals surface area contributed by atoms with Crippen molar-refractivity contribution < 1.29 is 4.74 Å². The van der Waals surface area contributed by atoms with Crippen LogP contribution in [0.15, 0.2) is 41.4 Å². The first-order valence-electron chi connectivity index (χ1n) is 5.12. The largest absolute Gasteiger partial charge is 0.470 e. The van der Waals surface area contributed by atoms with Gasteiger partial charge in [0.15, 0.2) is 0 Å². The average molecular weight is 201 g/mol. The predicted molar refractivity (Wildman–Crippen MR) is 62.9 cm³/mol. The second-order valence-corrected chi connectivity index (χ2v) is 4.26. The molecule has 1 aromatic carbocycles. The maximum absolute atomic E-state index is 5.63. The van der Waals surface area contributed by atoms with Gasteiger partial charge < -0.3 is 4.74 Å². The average Bonchev–Trinajstić information content (AvgIpc) is 2.57. The number of aliphatic imine (C=N–C) groups is 1. The van der Waals surface area contributed by atoms with Crippen LogP contribution in [0, 0.1) is 0 Å². The highest BCUT2D eigenvalue weighted by Crippen LogP contribution is 2.17. The lowest BCUT2D eigenvalue weighted by Gasteiger charge is -2.15. The summed E-state index contributed by atoms with van der Waals surface area (Å²) in [5.74, 6) is 0.726. The number of nitrogens with zero attached hydrogens (tertiary/aromatic N) is 1. The first-order chi connectivity index (χ1) is 7.16. The van der Waals surface area contributed by atoms with Crippen molar-refractivity contribution in [2.24, 2.45) is 4.99 Å². The summed E-state index contributed by atoms with van der Waals surface area (Å²) >= 11 is 0. The Morgan fingerprint density at radius 2 is 1.93 bits per heavy atom. The second-order valence-electron chi connectivity index (χ2n) is 4.26. The fourth-order valence-corrected chi connectivity index (χ4v) is 1.43. The highest BCUT2D eigenvalue weighted by Gasteiger charge is 2.25. The Morgan fingerprint density at radius 1 is 1.20 bits per heavy atom. The van der Waals surface area contributed by atoms with E-state index in [2.05, 4.69) is 17.1 Å². The SMILES string of the molecule is CC1(C)CN=C(C=Cc2ccccc2)O1. The van der Waals surface area contributed by atoms with Crippen molar-refractivity contribution in [3.8, 4) is 0 Å². The van der Waals surface area contributed by atoms with Crippen molar-refractivity contribution in [2.45, 2.75) is 19.4 Å². The summed E-state index contributed by atoms with van der Waals surface area (Å²) in [6.45, 7) is 4.82. The van der Waals surface area contributed by atoms with Crippen molar-refractivity contribution >= 4 is 12.0 Å². The molecule has 2 rings (SSSR count). The van der Waals surface area contributed by atoms with Crippen molar-refractivity contribution in [1.82, 2.24) is 0 Å². The van der Waals surface area contributed by atoms with Crippen LogP contribution in [0.2, 0.25) is 0 Å². The van der Waals surface area contributed by atoms with Gasteiger partial charge in [-0.05, 0) is 25.5 Å². The molecule has 0 radical (unpaired) electrons. The molecule has 0 saturated carbocycles. The lowest BCUT2D eigenvalue weighted by atomic mass is 10.1. The molecule has 2 nitrogen and oxygen atoms in total. The highest BCUT2D eigenvalue weighted by molar-refractivity contribution is 5.93. The van der Waals surface area contributed by atoms with E-state index in [1.807, 2.05) is 44.2 Å². The quantitative estimate of drug-likeness (QED) is 0.721. The van der Waals surface area contributed by atoms with Crippen LogP contribution in [0.3, 0.4) is 0 Å². The van der Waals surface area contributed by atoms with Gasteiger partial charge >= 0.3 is 0 Å². The van der Waals surface area contributed by atoms with Crippen molar-refractivity contribution in [1.29, 1.82) is 0 Å². The van der Waals surface area contributed by atoms with Crippen LogP contribution in [0.1, 0.15) is 19.4 Å². The summed E-state index contributed by atoms with van der Waals surface area (Å²) in [7, 11) is 0. The van der Waals surface area contributed by atoms with E-state index in [-0.39, 0.29) is 5.60 Å². The molecule has 1 heterocycles. The molecule has 1 aliphatic rings. The smallest absolute Gasteiger partial charge is 0.209 e. The summed E-state index contributed by atoms with van der Waals surface area (Å²) in [5, 5.41) is 0. The fourth-order valence-electron chi connectivity index (χ4n) is 1.43. The zero-order valence-electron chi connectivity index (χ0n) is 9.10. The minimum atomic E-state index is -0.142. The van der Waals surface area contributed by atoms with E-state index in [0.717, 1.165) is 18.0 Å². The normalized spacial score (nSPS) is 18.9. The van der Waals surface area contributed by atoms with Crippen LogP contribution < -0.4 is 0 Å². The third kappa shape index (κ3) is 2.69. The van der Waals surface area contributed by atoms with E-state index in [0.29, 0.717) is 0 Å². The van der Waals surface area contributed by atoms with Crippen LogP contribution in [-0.4, -0.2) is 18.0 Å². The highest BCUT2D eigenvalue weighted by atomic mass is 16.5. The molecule has 0 spiro atoms. The molecular weight excluding hydrogens is 186 g/mol. The van der Waals surface area contributed by atoms with Crippen molar-refractivity contribution in [3.05, 3.63) is 42.0 Å². The Hall–Kier alpha value is -1.57. The van der Waals surface area contributed by atoms with Crippen LogP contribution in [0.25, 0.3) is 6.08 Å². The summed E-state index contributed by atoms with van der Waals surface area (Å²) in [6, 6.07) is 10.1. The van der Waals surface area contributed by atoms with E-state index >= 15 is 0 Å². The van der Waals surface area contributed by atoms with Gasteiger partial charge in [0.1, 0.15) is 5.60 Å². The van der Waals surface area contributed by atoms with E-state index in [1.54, 1.807) is 0 Å². The second kappa shape index (κ2) is 3.89. The van der Waals surface area contributed by atoms with E-state index in [9.17, 15) is 0 Å². The van der Waals surface area contributed by atoms with Gasteiger partial charge in [-0.1, -0.05) is 30.3 Å². The molecule has 0 atom stereocenters. The van der Waals surface area contributed by atoms with Gasteiger partial charge in [-0.15, -0.1) is 0 Å². The summed E-state index contributed by atoms with van der Waals surface area (Å²) in [4.78, 5) is 4.31. The lowest BCUT2D eigenvalue weighted by Crippen LogP contribution is -2.23. The standard InChI is InChI=1S/C13H15NO/c1-13(2)10-14-12(15-13)9-8-11-6-4-3-5-7-11/h3-9H,10H2,1-2H3. The molecule has 0 amide bonds. The zero-order chi connectivity index (χ0) is 10.7. The predicted octanol–water partition coefficient (Wildman–Crippen LogP) is 2.91. The maximum atomic E-state index is 5.63. The molecule has 78 valence electrons. The Balaban J connectivity index is 2.02. The number of ether oxygens (including phenoxy) is 1. The van der Waals surface area contributed by atoms with Crippen molar-refractivity contribution in [2.75, 3.05) is 6.54 Å². The van der Waals surface area contributed by atoms with Gasteiger partial charge in [-0.25, -0.2) is 4.99 Å². The zero-order valence-corrected chi connectivity index (χ0v) is 9.10. The Labute approximate surface area is 90.3 Å². The monoisotopic (exact) mass is 201 g/mol. The number of hydrogen-bond acceptors (Lipinski definition) is 2. The number of rotatable bonds is 2.